The van der Waals surface area contributed by atoms with Gasteiger partial charge in [0.05, 0.1) is 13.2 Å². The maximum absolute atomic E-state index is 12.3. The molecule has 1 N–H and O–H groups in total. The molecule has 0 fully saturated rings. The normalized spacial score (nSPS) is 10.0. The maximum atomic E-state index is 12.3. The van der Waals surface area contributed by atoms with E-state index in [-0.39, 0.29) is 6.54 Å². The molecular formula is C16H19NO4. The third-order valence-corrected chi connectivity index (χ3v) is 2.56. The van der Waals surface area contributed by atoms with Gasteiger partial charge in [-0.25, -0.2) is 0 Å². The Morgan fingerprint density at radius 1 is 1.43 bits per heavy atom. The number of benzene rings is 1. The van der Waals surface area contributed by atoms with Gasteiger partial charge in [0.2, 0.25) is 0 Å². The first-order valence-corrected chi connectivity index (χ1v) is 6.61. The lowest BCUT2D eigenvalue weighted by atomic mass is 10.2. The first-order valence-electron chi connectivity index (χ1n) is 6.61. The molecular weight excluding hydrogens is 270 g/mol. The third-order valence-electron chi connectivity index (χ3n) is 2.56. The number of aliphatic carboxylic acids is 1. The summed E-state index contributed by atoms with van der Waals surface area (Å²) in [6, 6.07) is 6.64. The van der Waals surface area contributed by atoms with Crippen LogP contribution in [0.3, 0.4) is 0 Å². The van der Waals surface area contributed by atoms with Crippen LogP contribution in [0.1, 0.15) is 24.2 Å². The minimum absolute atomic E-state index is 0.0534. The van der Waals surface area contributed by atoms with Crippen LogP contribution in [0.15, 0.2) is 24.3 Å². The van der Waals surface area contributed by atoms with Crippen molar-refractivity contribution in [1.82, 2.24) is 4.90 Å². The van der Waals surface area contributed by atoms with E-state index in [0.29, 0.717) is 23.8 Å². The van der Waals surface area contributed by atoms with Gasteiger partial charge < -0.3 is 14.7 Å². The number of amides is 1. The predicted octanol–water partition coefficient (Wildman–Crippen LogP) is 1.88. The van der Waals surface area contributed by atoms with Gasteiger partial charge in [-0.2, -0.15) is 0 Å². The molecule has 5 nitrogen and oxygen atoms in total. The highest BCUT2D eigenvalue weighted by Crippen LogP contribution is 2.16. The van der Waals surface area contributed by atoms with Crippen LogP contribution in [0.5, 0.6) is 5.75 Å². The summed E-state index contributed by atoms with van der Waals surface area (Å²) < 4.78 is 5.55. The van der Waals surface area contributed by atoms with E-state index in [9.17, 15) is 9.59 Å². The average molecular weight is 289 g/mol. The Morgan fingerprint density at radius 2 is 2.14 bits per heavy atom. The summed E-state index contributed by atoms with van der Waals surface area (Å²) >= 11 is 0. The zero-order chi connectivity index (χ0) is 15.8. The highest BCUT2D eigenvalue weighted by molar-refractivity contribution is 5.96. The number of ether oxygens (including phenoxy) is 1. The van der Waals surface area contributed by atoms with Crippen LogP contribution in [0.4, 0.5) is 0 Å². The fourth-order valence-corrected chi connectivity index (χ4v) is 1.64. The summed E-state index contributed by atoms with van der Waals surface area (Å²) in [4.78, 5) is 24.2. The number of terminal acetylenes is 1. The fraction of sp³-hybridized carbons (Fsp3) is 0.375. The molecule has 0 atom stereocenters. The molecule has 1 rings (SSSR count). The molecule has 21 heavy (non-hydrogen) atoms. The molecule has 0 bridgehead atoms. The number of carbonyl (C=O) groups is 2. The van der Waals surface area contributed by atoms with Crippen molar-refractivity contribution in [2.75, 3.05) is 19.7 Å². The minimum atomic E-state index is -1.11. The monoisotopic (exact) mass is 289 g/mol. The molecule has 0 aliphatic rings. The lowest BCUT2D eigenvalue weighted by Crippen LogP contribution is -2.35. The Kier molecular flexibility index (Phi) is 6.28. The maximum Gasteiger partial charge on any atom is 0.323 e. The van der Waals surface area contributed by atoms with Crippen molar-refractivity contribution < 1.29 is 19.4 Å². The van der Waals surface area contributed by atoms with Crippen molar-refractivity contribution in [2.24, 2.45) is 5.92 Å². The molecule has 1 aromatic rings. The second kappa shape index (κ2) is 7.95. The van der Waals surface area contributed by atoms with Gasteiger partial charge in [-0.1, -0.05) is 25.8 Å². The summed E-state index contributed by atoms with van der Waals surface area (Å²) in [5.74, 6) is 1.70. The molecule has 1 aromatic carbocycles. The van der Waals surface area contributed by atoms with E-state index in [1.54, 1.807) is 24.3 Å². The van der Waals surface area contributed by atoms with Crippen LogP contribution >= 0.6 is 0 Å². The van der Waals surface area contributed by atoms with Crippen molar-refractivity contribution in [1.29, 1.82) is 0 Å². The first kappa shape index (κ1) is 16.6. The highest BCUT2D eigenvalue weighted by atomic mass is 16.5. The largest absolute Gasteiger partial charge is 0.493 e. The molecule has 112 valence electrons. The van der Waals surface area contributed by atoms with Gasteiger partial charge in [0.15, 0.2) is 0 Å². The van der Waals surface area contributed by atoms with Crippen LogP contribution in [0, 0.1) is 18.3 Å². The lowest BCUT2D eigenvalue weighted by Gasteiger charge is -2.18. The summed E-state index contributed by atoms with van der Waals surface area (Å²) in [5, 5.41) is 8.82. The van der Waals surface area contributed by atoms with Gasteiger partial charge in [0.1, 0.15) is 12.3 Å². The fourth-order valence-electron chi connectivity index (χ4n) is 1.64. The van der Waals surface area contributed by atoms with E-state index in [4.69, 9.17) is 16.3 Å². The van der Waals surface area contributed by atoms with E-state index < -0.39 is 18.4 Å². The molecule has 0 unspecified atom stereocenters. The number of hydrogen-bond acceptors (Lipinski definition) is 3. The molecule has 0 heterocycles. The molecule has 0 saturated carbocycles. The van der Waals surface area contributed by atoms with Crippen molar-refractivity contribution >= 4 is 11.9 Å². The van der Waals surface area contributed by atoms with Crippen LogP contribution in [0.25, 0.3) is 0 Å². The zero-order valence-electron chi connectivity index (χ0n) is 12.2. The molecule has 5 heteroatoms. The number of hydrogen-bond donors (Lipinski definition) is 1. The van der Waals surface area contributed by atoms with Crippen molar-refractivity contribution in [3.63, 3.8) is 0 Å². The highest BCUT2D eigenvalue weighted by Gasteiger charge is 2.18. The quantitative estimate of drug-likeness (QED) is 0.778. The molecule has 0 radical (unpaired) electrons. The Morgan fingerprint density at radius 3 is 2.71 bits per heavy atom. The Balaban J connectivity index is 2.87. The second-order valence-electron chi connectivity index (χ2n) is 4.99. The molecule has 0 aromatic heterocycles. The minimum Gasteiger partial charge on any atom is -0.493 e. The number of carboxylic acid groups (broad SMARTS) is 1. The molecule has 0 aliphatic carbocycles. The van der Waals surface area contributed by atoms with Gasteiger partial charge >= 0.3 is 5.97 Å². The van der Waals surface area contributed by atoms with Crippen molar-refractivity contribution in [3.05, 3.63) is 29.8 Å². The molecule has 0 aliphatic heterocycles. The smallest absolute Gasteiger partial charge is 0.323 e. The summed E-state index contributed by atoms with van der Waals surface area (Å²) in [7, 11) is 0. The van der Waals surface area contributed by atoms with Crippen molar-refractivity contribution in [3.8, 4) is 18.1 Å². The number of carboxylic acids is 1. The van der Waals surface area contributed by atoms with Gasteiger partial charge in [-0.3, -0.25) is 9.59 Å². The Hall–Kier alpha value is -2.48. The molecule has 1 amide bonds. The van der Waals surface area contributed by atoms with Crippen LogP contribution in [-0.4, -0.2) is 41.6 Å². The Labute approximate surface area is 124 Å². The van der Waals surface area contributed by atoms with Gasteiger partial charge in [-0.05, 0) is 24.1 Å². The van der Waals surface area contributed by atoms with Gasteiger partial charge in [0.25, 0.3) is 5.91 Å². The topological polar surface area (TPSA) is 66.8 Å². The third kappa shape index (κ3) is 5.57. The zero-order valence-corrected chi connectivity index (χ0v) is 12.2. The van der Waals surface area contributed by atoms with E-state index in [1.165, 1.54) is 0 Å². The molecule has 0 saturated heterocycles. The van der Waals surface area contributed by atoms with Crippen LogP contribution in [0.2, 0.25) is 0 Å². The SMILES string of the molecule is C#CCN(CC(=O)O)C(=O)c1cccc(OCC(C)C)c1. The number of nitrogens with zero attached hydrogens (tertiary/aromatic N) is 1. The first-order chi connectivity index (χ1) is 9.93. The van der Waals surface area contributed by atoms with E-state index >= 15 is 0 Å². The standard InChI is InChI=1S/C16H19NO4/c1-4-8-17(10-15(18)19)16(20)13-6-5-7-14(9-13)21-11-12(2)3/h1,5-7,9,12H,8,10-11H2,2-3H3,(H,18,19). The van der Waals surface area contributed by atoms with Gasteiger partial charge in [0, 0.05) is 5.56 Å². The van der Waals surface area contributed by atoms with E-state index in [0.717, 1.165) is 4.90 Å². The predicted molar refractivity (Wildman–Crippen MR) is 79.1 cm³/mol. The van der Waals surface area contributed by atoms with E-state index in [2.05, 4.69) is 5.92 Å². The number of carbonyl (C=O) groups excluding carboxylic acids is 1. The second-order valence-corrected chi connectivity index (χ2v) is 4.99. The average Bonchev–Trinajstić information content (AvgIpc) is 2.44. The lowest BCUT2D eigenvalue weighted by molar-refractivity contribution is -0.137. The van der Waals surface area contributed by atoms with E-state index in [1.807, 2.05) is 13.8 Å². The van der Waals surface area contributed by atoms with Crippen LogP contribution in [-0.2, 0) is 4.79 Å². The summed E-state index contributed by atoms with van der Waals surface area (Å²) in [5.41, 5.74) is 0.354. The van der Waals surface area contributed by atoms with Crippen LogP contribution < -0.4 is 4.74 Å². The number of rotatable bonds is 7. The molecule has 0 spiro atoms. The summed E-state index contributed by atoms with van der Waals surface area (Å²) in [6.45, 7) is 4.11. The summed E-state index contributed by atoms with van der Waals surface area (Å²) in [6.07, 6.45) is 5.17. The van der Waals surface area contributed by atoms with Crippen molar-refractivity contribution in [2.45, 2.75) is 13.8 Å². The Bertz CT molecular complexity index is 545. The van der Waals surface area contributed by atoms with Gasteiger partial charge in [-0.15, -0.1) is 6.42 Å².